The normalized spacial score (nSPS) is 30.0. The lowest BCUT2D eigenvalue weighted by molar-refractivity contribution is 0.199. The number of ether oxygens (including phenoxy) is 1. The molecule has 1 N–H and O–H groups in total. The number of hydrogen-bond donors (Lipinski definition) is 1. The van der Waals surface area contributed by atoms with E-state index in [1.807, 2.05) is 0 Å². The van der Waals surface area contributed by atoms with Gasteiger partial charge in [0, 0.05) is 29.9 Å². The summed E-state index contributed by atoms with van der Waals surface area (Å²) in [5, 5.41) is 4.60. The molecular formula is C19H27ClN2O. The lowest BCUT2D eigenvalue weighted by Crippen LogP contribution is -2.67. The summed E-state index contributed by atoms with van der Waals surface area (Å²) in [7, 11) is 0. The molecule has 0 spiro atoms. The third-order valence-corrected chi connectivity index (χ3v) is 5.63. The van der Waals surface area contributed by atoms with Crippen LogP contribution in [0, 0.1) is 0 Å². The van der Waals surface area contributed by atoms with Gasteiger partial charge in [0.15, 0.2) is 0 Å². The van der Waals surface area contributed by atoms with Crippen molar-refractivity contribution in [3.8, 4) is 5.75 Å². The minimum absolute atomic E-state index is 0.133. The Labute approximate surface area is 144 Å². The molecule has 23 heavy (non-hydrogen) atoms. The van der Waals surface area contributed by atoms with Crippen LogP contribution in [0.5, 0.6) is 5.75 Å². The maximum absolute atomic E-state index is 6.50. The molecule has 1 saturated heterocycles. The maximum atomic E-state index is 6.50. The van der Waals surface area contributed by atoms with Crippen LogP contribution in [0.4, 0.5) is 5.69 Å². The summed E-state index contributed by atoms with van der Waals surface area (Å²) in [6.45, 7) is 5.63. The number of piperazine rings is 1. The van der Waals surface area contributed by atoms with E-state index in [4.69, 9.17) is 16.3 Å². The van der Waals surface area contributed by atoms with E-state index < -0.39 is 0 Å². The Morgan fingerprint density at radius 2 is 1.96 bits per heavy atom. The van der Waals surface area contributed by atoms with Crippen molar-refractivity contribution < 1.29 is 4.74 Å². The van der Waals surface area contributed by atoms with Gasteiger partial charge in [-0.3, -0.25) is 0 Å². The fourth-order valence-corrected chi connectivity index (χ4v) is 4.37. The second-order valence-electron chi connectivity index (χ2n) is 8.05. The van der Waals surface area contributed by atoms with Crippen LogP contribution in [0.2, 0.25) is 5.02 Å². The number of nitrogens with one attached hydrogen (secondary N) is 1. The minimum atomic E-state index is 0.133. The summed E-state index contributed by atoms with van der Waals surface area (Å²) in [6.07, 6.45) is 7.93. The summed E-state index contributed by atoms with van der Waals surface area (Å²) < 4.78 is 5.88. The molecule has 3 nitrogen and oxygen atoms in total. The number of benzene rings is 1. The average molecular weight is 335 g/mol. The Hall–Kier alpha value is -0.930. The number of rotatable bonds is 3. The lowest BCUT2D eigenvalue weighted by Gasteiger charge is -2.52. The van der Waals surface area contributed by atoms with Crippen molar-refractivity contribution in [2.75, 3.05) is 11.4 Å². The summed E-state index contributed by atoms with van der Waals surface area (Å²) in [6, 6.07) is 7.53. The largest absolute Gasteiger partial charge is 0.489 e. The van der Waals surface area contributed by atoms with Crippen LogP contribution in [0.15, 0.2) is 18.2 Å². The second-order valence-corrected chi connectivity index (χ2v) is 8.45. The molecule has 2 atom stereocenters. The highest BCUT2D eigenvalue weighted by Gasteiger charge is 2.40. The number of fused-ring (bicyclic) bond motifs is 1. The molecule has 1 heterocycles. The lowest BCUT2D eigenvalue weighted by atomic mass is 9.83. The van der Waals surface area contributed by atoms with E-state index in [9.17, 15) is 0 Å². The fourth-order valence-electron chi connectivity index (χ4n) is 4.16. The molecule has 2 saturated carbocycles. The van der Waals surface area contributed by atoms with Crippen LogP contribution in [0.1, 0.15) is 52.4 Å². The van der Waals surface area contributed by atoms with Crippen LogP contribution < -0.4 is 15.0 Å². The average Bonchev–Trinajstić information content (AvgIpc) is 3.31. The van der Waals surface area contributed by atoms with Gasteiger partial charge in [-0.25, -0.2) is 0 Å². The van der Waals surface area contributed by atoms with Gasteiger partial charge in [0.2, 0.25) is 0 Å². The molecule has 1 aliphatic heterocycles. The van der Waals surface area contributed by atoms with E-state index in [1.165, 1.54) is 31.4 Å². The number of hydrogen-bond acceptors (Lipinski definition) is 3. The van der Waals surface area contributed by atoms with Crippen molar-refractivity contribution in [1.29, 1.82) is 0 Å². The molecule has 0 aromatic heterocycles. The first-order valence-electron chi connectivity index (χ1n) is 9.02. The summed E-state index contributed by atoms with van der Waals surface area (Å²) in [5.41, 5.74) is 1.37. The molecule has 3 fully saturated rings. The molecule has 0 unspecified atom stereocenters. The van der Waals surface area contributed by atoms with Gasteiger partial charge >= 0.3 is 0 Å². The van der Waals surface area contributed by atoms with Gasteiger partial charge < -0.3 is 15.0 Å². The van der Waals surface area contributed by atoms with Gasteiger partial charge in [-0.2, -0.15) is 0 Å². The predicted octanol–water partition coefficient (Wildman–Crippen LogP) is 4.38. The topological polar surface area (TPSA) is 24.5 Å². The second kappa shape index (κ2) is 5.86. The molecule has 3 aliphatic rings. The van der Waals surface area contributed by atoms with Gasteiger partial charge in [0.05, 0.1) is 11.1 Å². The highest BCUT2D eigenvalue weighted by molar-refractivity contribution is 6.32. The zero-order valence-electron chi connectivity index (χ0n) is 14.1. The highest BCUT2D eigenvalue weighted by Crippen LogP contribution is 2.38. The van der Waals surface area contributed by atoms with Crippen molar-refractivity contribution in [2.24, 2.45) is 0 Å². The number of anilines is 1. The minimum Gasteiger partial charge on any atom is -0.489 e. The third kappa shape index (κ3) is 3.32. The summed E-state index contributed by atoms with van der Waals surface area (Å²) in [5.74, 6) is 0.840. The van der Waals surface area contributed by atoms with Crippen molar-refractivity contribution in [3.63, 3.8) is 0 Å². The zero-order valence-corrected chi connectivity index (χ0v) is 14.9. The molecule has 0 bridgehead atoms. The van der Waals surface area contributed by atoms with Gasteiger partial charge in [0.1, 0.15) is 5.75 Å². The van der Waals surface area contributed by atoms with Gasteiger partial charge in [-0.1, -0.05) is 24.4 Å². The number of nitrogens with zero attached hydrogens (tertiary/aromatic N) is 1. The van der Waals surface area contributed by atoms with Crippen molar-refractivity contribution in [3.05, 3.63) is 23.2 Å². The summed E-state index contributed by atoms with van der Waals surface area (Å²) in [4.78, 5) is 2.58. The first-order chi connectivity index (χ1) is 11.0. The van der Waals surface area contributed by atoms with Crippen molar-refractivity contribution >= 4 is 17.3 Å². The van der Waals surface area contributed by atoms with Crippen LogP contribution in [0.25, 0.3) is 0 Å². The molecule has 0 radical (unpaired) electrons. The Balaban J connectivity index is 1.60. The van der Waals surface area contributed by atoms with E-state index in [2.05, 4.69) is 42.3 Å². The SMILES string of the molecule is CC1(C)CN(c2ccc(OC3CC3)c(Cl)c2)[C@H]2CCCC[C@H]2N1. The van der Waals surface area contributed by atoms with Crippen molar-refractivity contribution in [1.82, 2.24) is 5.32 Å². The molecule has 0 amide bonds. The molecule has 4 rings (SSSR count). The molecule has 1 aromatic rings. The standard InChI is InChI=1S/C19H27ClN2O/c1-19(2)12-22(17-6-4-3-5-16(17)21-19)13-7-10-18(15(20)11-13)23-14-8-9-14/h7,10-11,14,16-17,21H,3-6,8-9,12H2,1-2H3/t16-,17+/m1/s1. The molecule has 4 heteroatoms. The van der Waals surface area contributed by atoms with E-state index in [0.717, 1.165) is 30.2 Å². The first kappa shape index (κ1) is 15.6. The Kier molecular flexibility index (Phi) is 3.97. The Morgan fingerprint density at radius 1 is 1.17 bits per heavy atom. The first-order valence-corrected chi connectivity index (χ1v) is 9.40. The monoisotopic (exact) mass is 334 g/mol. The third-order valence-electron chi connectivity index (χ3n) is 5.34. The highest BCUT2D eigenvalue weighted by atomic mass is 35.5. The smallest absolute Gasteiger partial charge is 0.138 e. The quantitative estimate of drug-likeness (QED) is 0.887. The van der Waals surface area contributed by atoms with E-state index in [0.29, 0.717) is 18.2 Å². The van der Waals surface area contributed by atoms with Crippen LogP contribution in [-0.2, 0) is 0 Å². The maximum Gasteiger partial charge on any atom is 0.138 e. The predicted molar refractivity (Wildman–Crippen MR) is 95.7 cm³/mol. The Morgan fingerprint density at radius 3 is 2.70 bits per heavy atom. The van der Waals surface area contributed by atoms with E-state index >= 15 is 0 Å². The van der Waals surface area contributed by atoms with Crippen LogP contribution in [0.3, 0.4) is 0 Å². The van der Waals surface area contributed by atoms with E-state index in [1.54, 1.807) is 0 Å². The van der Waals surface area contributed by atoms with Crippen molar-refractivity contribution in [2.45, 2.75) is 76.1 Å². The molecule has 1 aromatic carbocycles. The van der Waals surface area contributed by atoms with Gasteiger partial charge in [0.25, 0.3) is 0 Å². The Bertz CT molecular complexity index is 585. The summed E-state index contributed by atoms with van der Waals surface area (Å²) >= 11 is 6.50. The molecule has 126 valence electrons. The van der Waals surface area contributed by atoms with Gasteiger partial charge in [-0.15, -0.1) is 0 Å². The van der Waals surface area contributed by atoms with Crippen LogP contribution in [-0.4, -0.2) is 30.3 Å². The molecular weight excluding hydrogens is 308 g/mol. The van der Waals surface area contributed by atoms with E-state index in [-0.39, 0.29) is 5.54 Å². The fraction of sp³-hybridized carbons (Fsp3) is 0.684. The van der Waals surface area contributed by atoms with Crippen LogP contribution >= 0.6 is 11.6 Å². The molecule has 2 aliphatic carbocycles. The zero-order chi connectivity index (χ0) is 16.0. The van der Waals surface area contributed by atoms with Gasteiger partial charge in [-0.05, 0) is 57.7 Å². The number of halogens is 1.